The molecule has 1 unspecified atom stereocenters. The molecule has 0 aromatic heterocycles. The van der Waals surface area contributed by atoms with Gasteiger partial charge < -0.3 is 11.1 Å². The van der Waals surface area contributed by atoms with Crippen LogP contribution in [0.25, 0.3) is 0 Å². The van der Waals surface area contributed by atoms with Crippen LogP contribution in [0.2, 0.25) is 5.02 Å². The van der Waals surface area contributed by atoms with Crippen molar-refractivity contribution in [2.45, 2.75) is 19.4 Å². The third kappa shape index (κ3) is 2.91. The molecule has 15 heavy (non-hydrogen) atoms. The van der Waals surface area contributed by atoms with Crippen LogP contribution < -0.4 is 11.1 Å². The number of rotatable bonds is 3. The fraction of sp³-hybridized carbons (Fsp3) is 0.300. The van der Waals surface area contributed by atoms with Gasteiger partial charge >= 0.3 is 0 Å². The second-order valence-electron chi connectivity index (χ2n) is 3.11. The lowest BCUT2D eigenvalue weighted by Crippen LogP contribution is -2.35. The second kappa shape index (κ2) is 5.09. The van der Waals surface area contributed by atoms with E-state index in [0.717, 1.165) is 0 Å². The summed E-state index contributed by atoms with van der Waals surface area (Å²) in [5.74, 6) is -1.06. The molecule has 82 valence electrons. The van der Waals surface area contributed by atoms with Crippen LogP contribution in [0.4, 0.5) is 10.1 Å². The normalized spacial score (nSPS) is 12.3. The predicted octanol–water partition coefficient (Wildman–Crippen LogP) is 2.15. The Balaban J connectivity index is 2.81. The van der Waals surface area contributed by atoms with E-state index in [1.165, 1.54) is 12.1 Å². The number of carbonyl (C=O) groups excluding carboxylic acids is 1. The second-order valence-corrected chi connectivity index (χ2v) is 3.51. The maximum atomic E-state index is 13.3. The molecule has 0 aliphatic heterocycles. The molecule has 0 spiro atoms. The summed E-state index contributed by atoms with van der Waals surface area (Å²) in [4.78, 5) is 11.4. The first-order chi connectivity index (χ1) is 7.06. The quantitative estimate of drug-likeness (QED) is 0.836. The first-order valence-corrected chi connectivity index (χ1v) is 4.94. The number of nitrogens with one attached hydrogen (secondary N) is 1. The summed E-state index contributed by atoms with van der Waals surface area (Å²) in [6.07, 6.45) is 0.494. The monoisotopic (exact) mass is 230 g/mol. The van der Waals surface area contributed by atoms with E-state index in [1.54, 1.807) is 13.0 Å². The smallest absolute Gasteiger partial charge is 0.241 e. The average molecular weight is 231 g/mol. The molecular formula is C10H12ClFN2O. The highest BCUT2D eigenvalue weighted by molar-refractivity contribution is 6.31. The zero-order chi connectivity index (χ0) is 11.4. The third-order valence-corrected chi connectivity index (χ3v) is 2.28. The van der Waals surface area contributed by atoms with Gasteiger partial charge in [0, 0.05) is 0 Å². The SMILES string of the molecule is CCC(N)C(=O)Nc1cccc(Cl)c1F. The molecule has 0 radical (unpaired) electrons. The number of halogens is 2. The van der Waals surface area contributed by atoms with Crippen molar-refractivity contribution in [3.05, 3.63) is 29.0 Å². The number of nitrogens with two attached hydrogens (primary N) is 1. The first kappa shape index (κ1) is 11.9. The Labute approximate surface area is 92.4 Å². The molecule has 1 amide bonds. The molecule has 3 nitrogen and oxygen atoms in total. The molecule has 0 saturated carbocycles. The Hall–Kier alpha value is -1.13. The zero-order valence-corrected chi connectivity index (χ0v) is 9.01. The van der Waals surface area contributed by atoms with Crippen LogP contribution >= 0.6 is 11.6 Å². The highest BCUT2D eigenvalue weighted by Crippen LogP contribution is 2.21. The molecular weight excluding hydrogens is 219 g/mol. The molecule has 0 saturated heterocycles. The molecule has 0 aliphatic rings. The number of carbonyl (C=O) groups is 1. The van der Waals surface area contributed by atoms with Gasteiger partial charge in [-0.05, 0) is 18.6 Å². The Morgan fingerprint density at radius 2 is 2.33 bits per heavy atom. The van der Waals surface area contributed by atoms with Crippen molar-refractivity contribution in [3.8, 4) is 0 Å². The van der Waals surface area contributed by atoms with Gasteiger partial charge in [0.1, 0.15) is 0 Å². The van der Waals surface area contributed by atoms with Crippen molar-refractivity contribution < 1.29 is 9.18 Å². The van der Waals surface area contributed by atoms with Gasteiger partial charge in [-0.1, -0.05) is 24.6 Å². The van der Waals surface area contributed by atoms with Gasteiger partial charge in [-0.3, -0.25) is 4.79 Å². The van der Waals surface area contributed by atoms with Gasteiger partial charge in [0.25, 0.3) is 0 Å². The highest BCUT2D eigenvalue weighted by Gasteiger charge is 2.14. The van der Waals surface area contributed by atoms with E-state index < -0.39 is 17.8 Å². The summed E-state index contributed by atoms with van der Waals surface area (Å²) in [5.41, 5.74) is 5.54. The standard InChI is InChI=1S/C10H12ClFN2O/c1-2-7(13)10(15)14-8-5-3-4-6(11)9(8)12/h3-5,7H,2,13H2,1H3,(H,14,15). The average Bonchev–Trinajstić information content (AvgIpc) is 2.23. The first-order valence-electron chi connectivity index (χ1n) is 4.56. The lowest BCUT2D eigenvalue weighted by molar-refractivity contribution is -0.117. The Morgan fingerprint density at radius 1 is 1.67 bits per heavy atom. The van der Waals surface area contributed by atoms with Crippen molar-refractivity contribution in [1.82, 2.24) is 0 Å². The summed E-state index contributed by atoms with van der Waals surface area (Å²) < 4.78 is 13.3. The zero-order valence-electron chi connectivity index (χ0n) is 8.26. The summed E-state index contributed by atoms with van der Waals surface area (Å²) in [7, 11) is 0. The van der Waals surface area contributed by atoms with E-state index >= 15 is 0 Å². The van der Waals surface area contributed by atoms with Crippen LogP contribution in [-0.4, -0.2) is 11.9 Å². The lowest BCUT2D eigenvalue weighted by atomic mass is 10.2. The minimum absolute atomic E-state index is 0.0298. The number of anilines is 1. The Kier molecular flexibility index (Phi) is 4.05. The van der Waals surface area contributed by atoms with Crippen molar-refractivity contribution in [2.75, 3.05) is 5.32 Å². The van der Waals surface area contributed by atoms with Crippen molar-refractivity contribution >= 4 is 23.2 Å². The molecule has 1 aromatic carbocycles. The fourth-order valence-electron chi connectivity index (χ4n) is 1.01. The molecule has 0 aliphatic carbocycles. The van der Waals surface area contributed by atoms with Crippen molar-refractivity contribution in [1.29, 1.82) is 0 Å². The van der Waals surface area contributed by atoms with E-state index in [9.17, 15) is 9.18 Å². The van der Waals surface area contributed by atoms with Gasteiger partial charge in [0.05, 0.1) is 16.8 Å². The van der Waals surface area contributed by atoms with Gasteiger partial charge in [-0.25, -0.2) is 4.39 Å². The maximum absolute atomic E-state index is 13.3. The molecule has 0 fully saturated rings. The maximum Gasteiger partial charge on any atom is 0.241 e. The van der Waals surface area contributed by atoms with Crippen LogP contribution in [0.3, 0.4) is 0 Å². The van der Waals surface area contributed by atoms with Gasteiger partial charge in [0.2, 0.25) is 5.91 Å². The molecule has 1 aromatic rings. The van der Waals surface area contributed by atoms with Crippen LogP contribution in [0.15, 0.2) is 18.2 Å². The van der Waals surface area contributed by atoms with E-state index in [-0.39, 0.29) is 10.7 Å². The van der Waals surface area contributed by atoms with Gasteiger partial charge in [-0.2, -0.15) is 0 Å². The molecule has 3 N–H and O–H groups in total. The number of benzene rings is 1. The Morgan fingerprint density at radius 3 is 2.93 bits per heavy atom. The molecule has 0 bridgehead atoms. The van der Waals surface area contributed by atoms with E-state index in [0.29, 0.717) is 6.42 Å². The lowest BCUT2D eigenvalue weighted by Gasteiger charge is -2.10. The molecule has 0 heterocycles. The summed E-state index contributed by atoms with van der Waals surface area (Å²) >= 11 is 5.55. The van der Waals surface area contributed by atoms with Crippen LogP contribution in [0, 0.1) is 5.82 Å². The number of hydrogen-bond acceptors (Lipinski definition) is 2. The summed E-state index contributed by atoms with van der Waals surface area (Å²) in [5, 5.41) is 2.35. The van der Waals surface area contributed by atoms with Crippen LogP contribution in [-0.2, 0) is 4.79 Å². The van der Waals surface area contributed by atoms with E-state index in [4.69, 9.17) is 17.3 Å². The minimum atomic E-state index is -0.643. The van der Waals surface area contributed by atoms with Crippen molar-refractivity contribution in [2.24, 2.45) is 5.73 Å². The summed E-state index contributed by atoms with van der Waals surface area (Å²) in [6, 6.07) is 3.76. The predicted molar refractivity (Wildman–Crippen MR) is 58.3 cm³/mol. The third-order valence-electron chi connectivity index (χ3n) is 1.99. The van der Waals surface area contributed by atoms with Crippen molar-refractivity contribution in [3.63, 3.8) is 0 Å². The minimum Gasteiger partial charge on any atom is -0.322 e. The van der Waals surface area contributed by atoms with Crippen LogP contribution in [0.1, 0.15) is 13.3 Å². The highest BCUT2D eigenvalue weighted by atomic mass is 35.5. The summed E-state index contributed by atoms with van der Waals surface area (Å²) in [6.45, 7) is 1.78. The van der Waals surface area contributed by atoms with E-state index in [2.05, 4.69) is 5.32 Å². The van der Waals surface area contributed by atoms with Gasteiger partial charge in [0.15, 0.2) is 5.82 Å². The number of hydrogen-bond donors (Lipinski definition) is 2. The largest absolute Gasteiger partial charge is 0.322 e. The topological polar surface area (TPSA) is 55.1 Å². The van der Waals surface area contributed by atoms with Gasteiger partial charge in [-0.15, -0.1) is 0 Å². The molecule has 5 heteroatoms. The fourth-order valence-corrected chi connectivity index (χ4v) is 1.19. The molecule has 1 atom stereocenters. The van der Waals surface area contributed by atoms with Crippen LogP contribution in [0.5, 0.6) is 0 Å². The Bertz CT molecular complexity index is 370. The van der Waals surface area contributed by atoms with E-state index in [1.807, 2.05) is 0 Å². The molecule has 1 rings (SSSR count). The number of amides is 1.